The van der Waals surface area contributed by atoms with Crippen molar-refractivity contribution in [3.63, 3.8) is 0 Å². The van der Waals surface area contributed by atoms with Crippen molar-refractivity contribution in [1.82, 2.24) is 10.3 Å². The largest absolute Gasteiger partial charge is 0.329 e. The van der Waals surface area contributed by atoms with Crippen LogP contribution in [0.3, 0.4) is 0 Å². The Morgan fingerprint density at radius 2 is 1.89 bits per heavy atom. The van der Waals surface area contributed by atoms with E-state index in [1.165, 1.54) is 5.56 Å². The third-order valence-electron chi connectivity index (χ3n) is 2.87. The highest BCUT2D eigenvalue weighted by Crippen LogP contribution is 2.22. The minimum absolute atomic E-state index is 0.860. The number of aromatic nitrogens is 1. The lowest BCUT2D eigenvalue weighted by Crippen LogP contribution is -2.13. The number of hydrogen-bond acceptors (Lipinski definition) is 3. The summed E-state index contributed by atoms with van der Waals surface area (Å²) in [5.41, 5.74) is 3.44. The Morgan fingerprint density at radius 1 is 1.17 bits per heavy atom. The lowest BCUT2D eigenvalue weighted by molar-refractivity contribution is 0.813. The number of hydrogen-bond donors (Lipinski definition) is 1. The minimum atomic E-state index is 0.860. The van der Waals surface area contributed by atoms with Crippen LogP contribution in [-0.2, 0) is 6.54 Å². The summed E-state index contributed by atoms with van der Waals surface area (Å²) in [7, 11) is 4.00. The van der Waals surface area contributed by atoms with E-state index in [0.29, 0.717) is 0 Å². The molecule has 0 amide bonds. The number of nitrogens with one attached hydrogen (secondary N) is 1. The first-order valence-electron chi connectivity index (χ1n) is 6.11. The standard InChI is InChI=1S/C15H19N3/c1-12-9-13(11-16-2)10-15(17-12)18(3)14-7-5-4-6-8-14/h4-10,16H,11H2,1-3H3. The number of benzene rings is 1. The molecule has 0 aliphatic heterocycles. The topological polar surface area (TPSA) is 28.2 Å². The lowest BCUT2D eigenvalue weighted by atomic mass is 10.2. The average molecular weight is 241 g/mol. The van der Waals surface area contributed by atoms with Crippen molar-refractivity contribution in [2.45, 2.75) is 13.5 Å². The van der Waals surface area contributed by atoms with Gasteiger partial charge in [0.05, 0.1) is 0 Å². The highest BCUT2D eigenvalue weighted by molar-refractivity contribution is 5.59. The molecular formula is C15H19N3. The molecule has 94 valence electrons. The van der Waals surface area contributed by atoms with Gasteiger partial charge in [-0.25, -0.2) is 4.98 Å². The molecule has 18 heavy (non-hydrogen) atoms. The third-order valence-corrected chi connectivity index (χ3v) is 2.87. The summed E-state index contributed by atoms with van der Waals surface area (Å²) in [6.45, 7) is 2.89. The fourth-order valence-electron chi connectivity index (χ4n) is 1.98. The van der Waals surface area contributed by atoms with E-state index >= 15 is 0 Å². The maximum Gasteiger partial charge on any atom is 0.133 e. The van der Waals surface area contributed by atoms with Crippen LogP contribution in [0.1, 0.15) is 11.3 Å². The highest BCUT2D eigenvalue weighted by Gasteiger charge is 2.06. The predicted octanol–water partition coefficient (Wildman–Crippen LogP) is 2.88. The molecule has 0 bridgehead atoms. The molecule has 0 radical (unpaired) electrons. The van der Waals surface area contributed by atoms with Crippen LogP contribution >= 0.6 is 0 Å². The van der Waals surface area contributed by atoms with Crippen LogP contribution in [-0.4, -0.2) is 19.1 Å². The van der Waals surface area contributed by atoms with Crippen LogP contribution in [0.15, 0.2) is 42.5 Å². The van der Waals surface area contributed by atoms with Crippen LogP contribution in [0.4, 0.5) is 11.5 Å². The molecular weight excluding hydrogens is 222 g/mol. The summed E-state index contributed by atoms with van der Waals surface area (Å²) in [5, 5.41) is 3.17. The second-order valence-corrected chi connectivity index (χ2v) is 4.40. The zero-order valence-corrected chi connectivity index (χ0v) is 11.1. The van der Waals surface area contributed by atoms with Gasteiger partial charge in [-0.1, -0.05) is 18.2 Å². The molecule has 1 heterocycles. The van der Waals surface area contributed by atoms with Gasteiger partial charge < -0.3 is 10.2 Å². The van der Waals surface area contributed by atoms with Gasteiger partial charge in [0.25, 0.3) is 0 Å². The van der Waals surface area contributed by atoms with E-state index in [1.54, 1.807) is 0 Å². The van der Waals surface area contributed by atoms with Gasteiger partial charge in [0, 0.05) is 25.0 Å². The predicted molar refractivity (Wildman–Crippen MR) is 76.2 cm³/mol. The molecule has 3 heteroatoms. The Kier molecular flexibility index (Phi) is 3.95. The molecule has 0 atom stereocenters. The molecule has 2 aromatic rings. The quantitative estimate of drug-likeness (QED) is 0.892. The van der Waals surface area contributed by atoms with Gasteiger partial charge in [-0.05, 0) is 43.8 Å². The molecule has 0 fully saturated rings. The van der Waals surface area contributed by atoms with Crippen molar-refractivity contribution in [2.24, 2.45) is 0 Å². The zero-order chi connectivity index (χ0) is 13.0. The fourth-order valence-corrected chi connectivity index (χ4v) is 1.98. The minimum Gasteiger partial charge on any atom is -0.329 e. The first-order chi connectivity index (χ1) is 8.70. The Morgan fingerprint density at radius 3 is 2.56 bits per heavy atom. The summed E-state index contributed by atoms with van der Waals surface area (Å²) in [5.74, 6) is 0.978. The number of aryl methyl sites for hydroxylation is 1. The zero-order valence-electron chi connectivity index (χ0n) is 11.1. The van der Waals surface area contributed by atoms with Gasteiger partial charge >= 0.3 is 0 Å². The summed E-state index contributed by atoms with van der Waals surface area (Å²) in [4.78, 5) is 6.69. The number of pyridine rings is 1. The number of anilines is 2. The van der Waals surface area contributed by atoms with Crippen molar-refractivity contribution in [3.8, 4) is 0 Å². The summed E-state index contributed by atoms with van der Waals surface area (Å²) in [6.07, 6.45) is 0. The second kappa shape index (κ2) is 5.65. The van der Waals surface area contributed by atoms with Crippen molar-refractivity contribution < 1.29 is 0 Å². The van der Waals surface area contributed by atoms with E-state index in [1.807, 2.05) is 39.2 Å². The molecule has 2 rings (SSSR count). The maximum atomic E-state index is 4.59. The molecule has 1 aromatic heterocycles. The molecule has 0 aliphatic carbocycles. The number of rotatable bonds is 4. The van der Waals surface area contributed by atoms with E-state index in [2.05, 4.69) is 39.5 Å². The summed E-state index contributed by atoms with van der Waals surface area (Å²) >= 11 is 0. The van der Waals surface area contributed by atoms with Crippen molar-refractivity contribution in [1.29, 1.82) is 0 Å². The molecule has 0 saturated carbocycles. The normalized spacial score (nSPS) is 10.4. The third kappa shape index (κ3) is 2.87. The highest BCUT2D eigenvalue weighted by atomic mass is 15.2. The van der Waals surface area contributed by atoms with E-state index in [9.17, 15) is 0 Å². The van der Waals surface area contributed by atoms with E-state index < -0.39 is 0 Å². The molecule has 3 nitrogen and oxygen atoms in total. The molecule has 0 unspecified atom stereocenters. The fraction of sp³-hybridized carbons (Fsp3) is 0.267. The SMILES string of the molecule is CNCc1cc(C)nc(N(C)c2ccccc2)c1. The van der Waals surface area contributed by atoms with Gasteiger partial charge in [-0.3, -0.25) is 0 Å². The Labute approximate surface area is 108 Å². The van der Waals surface area contributed by atoms with Gasteiger partial charge in [0.1, 0.15) is 5.82 Å². The summed E-state index contributed by atoms with van der Waals surface area (Å²) in [6, 6.07) is 14.5. The van der Waals surface area contributed by atoms with E-state index in [4.69, 9.17) is 0 Å². The van der Waals surface area contributed by atoms with Gasteiger partial charge in [0.2, 0.25) is 0 Å². The average Bonchev–Trinajstić information content (AvgIpc) is 2.38. The smallest absolute Gasteiger partial charge is 0.133 e. The van der Waals surface area contributed by atoms with Crippen LogP contribution < -0.4 is 10.2 Å². The van der Waals surface area contributed by atoms with Crippen molar-refractivity contribution in [3.05, 3.63) is 53.7 Å². The molecule has 1 aromatic carbocycles. The molecule has 0 aliphatic rings. The van der Waals surface area contributed by atoms with E-state index in [-0.39, 0.29) is 0 Å². The van der Waals surface area contributed by atoms with Crippen LogP contribution in [0, 0.1) is 6.92 Å². The Bertz CT molecular complexity index is 508. The summed E-state index contributed by atoms with van der Waals surface area (Å²) < 4.78 is 0. The first kappa shape index (κ1) is 12.6. The van der Waals surface area contributed by atoms with Crippen LogP contribution in [0.2, 0.25) is 0 Å². The second-order valence-electron chi connectivity index (χ2n) is 4.40. The van der Waals surface area contributed by atoms with Crippen LogP contribution in [0.25, 0.3) is 0 Å². The van der Waals surface area contributed by atoms with Gasteiger partial charge in [-0.2, -0.15) is 0 Å². The molecule has 1 N–H and O–H groups in total. The van der Waals surface area contributed by atoms with Crippen molar-refractivity contribution >= 4 is 11.5 Å². The first-order valence-corrected chi connectivity index (χ1v) is 6.11. The number of para-hydroxylation sites is 1. The maximum absolute atomic E-state index is 4.59. The number of nitrogens with zero attached hydrogens (tertiary/aromatic N) is 2. The molecule has 0 spiro atoms. The van der Waals surface area contributed by atoms with Crippen molar-refractivity contribution in [2.75, 3.05) is 19.0 Å². The Hall–Kier alpha value is -1.87. The lowest BCUT2D eigenvalue weighted by Gasteiger charge is -2.19. The van der Waals surface area contributed by atoms with E-state index in [0.717, 1.165) is 23.7 Å². The van der Waals surface area contributed by atoms with Gasteiger partial charge in [0.15, 0.2) is 0 Å². The monoisotopic (exact) mass is 241 g/mol. The van der Waals surface area contributed by atoms with Gasteiger partial charge in [-0.15, -0.1) is 0 Å². The molecule has 0 saturated heterocycles. The van der Waals surface area contributed by atoms with Crippen LogP contribution in [0.5, 0.6) is 0 Å². The Balaban J connectivity index is 2.33.